The molecular weight excluding hydrogens is 198 g/mol. The van der Waals surface area contributed by atoms with E-state index < -0.39 is 0 Å². The molecule has 0 spiro atoms. The summed E-state index contributed by atoms with van der Waals surface area (Å²) in [6.45, 7) is 2.13. The number of aromatic hydroxyl groups is 1. The lowest BCUT2D eigenvalue weighted by molar-refractivity contribution is 0.111. The van der Waals surface area contributed by atoms with Gasteiger partial charge < -0.3 is 9.84 Å². The Balaban J connectivity index is 3.26. The van der Waals surface area contributed by atoms with Gasteiger partial charge in [-0.25, -0.2) is 0 Å². The first-order valence-electron chi connectivity index (χ1n) is 4.49. The Kier molecular flexibility index (Phi) is 3.62. The predicted octanol–water partition coefficient (Wildman–Crippen LogP) is 0.321. The quantitative estimate of drug-likeness (QED) is 0.728. The number of hydrogen-bond acceptors (Lipinski definition) is 4. The minimum absolute atomic E-state index is 0.144. The number of methoxy groups -OCH3 is 1. The topological polar surface area (TPSA) is 68.5 Å². The van der Waals surface area contributed by atoms with Gasteiger partial charge in [-0.1, -0.05) is 0 Å². The monoisotopic (exact) mass is 211 g/mol. The van der Waals surface area contributed by atoms with Crippen molar-refractivity contribution in [1.29, 1.82) is 0 Å². The van der Waals surface area contributed by atoms with E-state index in [1.807, 2.05) is 0 Å². The second kappa shape index (κ2) is 4.75. The van der Waals surface area contributed by atoms with Gasteiger partial charge in [-0.2, -0.15) is 0 Å². The summed E-state index contributed by atoms with van der Waals surface area (Å²) in [7, 11) is 1.50. The summed E-state index contributed by atoms with van der Waals surface area (Å²) in [4.78, 5) is 22.1. The van der Waals surface area contributed by atoms with Gasteiger partial charge in [0, 0.05) is 13.2 Å². The summed E-state index contributed by atoms with van der Waals surface area (Å²) in [6, 6.07) is 1.32. The van der Waals surface area contributed by atoms with Crippen LogP contribution in [0.2, 0.25) is 0 Å². The van der Waals surface area contributed by atoms with Crippen LogP contribution < -0.4 is 5.56 Å². The van der Waals surface area contributed by atoms with Crippen LogP contribution in [0.5, 0.6) is 5.88 Å². The third kappa shape index (κ3) is 2.24. The molecule has 0 radical (unpaired) electrons. The molecule has 0 saturated carbocycles. The van der Waals surface area contributed by atoms with Crippen molar-refractivity contribution in [3.8, 4) is 5.88 Å². The van der Waals surface area contributed by atoms with Crippen molar-refractivity contribution in [2.24, 2.45) is 0 Å². The first-order chi connectivity index (χ1) is 7.11. The SMILES string of the molecule is COCCn1c(O)c(C=O)c(C)cc1=O. The van der Waals surface area contributed by atoms with E-state index >= 15 is 0 Å². The molecule has 5 nitrogen and oxygen atoms in total. The van der Waals surface area contributed by atoms with Crippen molar-refractivity contribution in [2.45, 2.75) is 13.5 Å². The fraction of sp³-hybridized carbons (Fsp3) is 0.400. The summed E-state index contributed by atoms with van der Waals surface area (Å²) in [5.74, 6) is -0.299. The first-order valence-corrected chi connectivity index (χ1v) is 4.49. The van der Waals surface area contributed by atoms with Crippen molar-refractivity contribution < 1.29 is 14.6 Å². The third-order valence-corrected chi connectivity index (χ3v) is 2.16. The summed E-state index contributed by atoms with van der Waals surface area (Å²) in [5, 5.41) is 9.65. The van der Waals surface area contributed by atoms with Crippen LogP contribution in [0.3, 0.4) is 0 Å². The predicted molar refractivity (Wildman–Crippen MR) is 54.4 cm³/mol. The number of aryl methyl sites for hydroxylation is 1. The number of hydrogen-bond donors (Lipinski definition) is 1. The number of pyridine rings is 1. The molecule has 0 aliphatic rings. The summed E-state index contributed by atoms with van der Waals surface area (Å²) in [5.41, 5.74) is 0.277. The number of carbonyl (C=O) groups is 1. The highest BCUT2D eigenvalue weighted by Crippen LogP contribution is 2.15. The minimum atomic E-state index is -0.340. The van der Waals surface area contributed by atoms with E-state index in [1.54, 1.807) is 6.92 Å². The number of nitrogens with zero attached hydrogens (tertiary/aromatic N) is 1. The zero-order valence-electron chi connectivity index (χ0n) is 8.69. The summed E-state index contributed by atoms with van der Waals surface area (Å²) >= 11 is 0. The molecule has 1 heterocycles. The molecule has 0 unspecified atom stereocenters. The Bertz CT molecular complexity index is 422. The van der Waals surface area contributed by atoms with Gasteiger partial charge in [0.15, 0.2) is 6.29 Å². The zero-order valence-corrected chi connectivity index (χ0v) is 8.69. The molecule has 82 valence electrons. The molecule has 0 aliphatic heterocycles. The van der Waals surface area contributed by atoms with E-state index in [2.05, 4.69) is 0 Å². The number of rotatable bonds is 4. The van der Waals surface area contributed by atoms with Crippen molar-refractivity contribution in [1.82, 2.24) is 4.57 Å². The average Bonchev–Trinajstić information content (AvgIpc) is 2.17. The second-order valence-electron chi connectivity index (χ2n) is 3.17. The lowest BCUT2D eigenvalue weighted by atomic mass is 10.1. The second-order valence-corrected chi connectivity index (χ2v) is 3.17. The fourth-order valence-corrected chi connectivity index (χ4v) is 1.31. The molecule has 0 amide bonds. The molecular formula is C10H13NO4. The molecule has 0 bridgehead atoms. The van der Waals surface area contributed by atoms with Gasteiger partial charge in [-0.15, -0.1) is 0 Å². The van der Waals surface area contributed by atoms with Crippen LogP contribution in [0.4, 0.5) is 0 Å². The maximum absolute atomic E-state index is 11.5. The van der Waals surface area contributed by atoms with Gasteiger partial charge in [0.1, 0.15) is 0 Å². The van der Waals surface area contributed by atoms with E-state index in [4.69, 9.17) is 4.74 Å². The number of aromatic nitrogens is 1. The molecule has 5 heteroatoms. The van der Waals surface area contributed by atoms with Crippen LogP contribution in [-0.2, 0) is 11.3 Å². The van der Waals surface area contributed by atoms with Crippen molar-refractivity contribution >= 4 is 6.29 Å². The van der Waals surface area contributed by atoms with Crippen LogP contribution in [0, 0.1) is 6.92 Å². The first kappa shape index (κ1) is 11.5. The van der Waals surface area contributed by atoms with Crippen LogP contribution in [0.15, 0.2) is 10.9 Å². The molecule has 1 aromatic heterocycles. The van der Waals surface area contributed by atoms with E-state index in [1.165, 1.54) is 13.2 Å². The largest absolute Gasteiger partial charge is 0.494 e. The average molecular weight is 211 g/mol. The maximum Gasteiger partial charge on any atom is 0.253 e. The van der Waals surface area contributed by atoms with Crippen molar-refractivity contribution in [3.05, 3.63) is 27.5 Å². The van der Waals surface area contributed by atoms with E-state index in [0.717, 1.165) is 4.57 Å². The number of ether oxygens (including phenoxy) is 1. The van der Waals surface area contributed by atoms with E-state index in [0.29, 0.717) is 18.5 Å². The molecule has 15 heavy (non-hydrogen) atoms. The molecule has 0 aliphatic carbocycles. The molecule has 0 saturated heterocycles. The molecule has 0 atom stereocenters. The van der Waals surface area contributed by atoms with Crippen LogP contribution in [-0.4, -0.2) is 29.7 Å². The normalized spacial score (nSPS) is 10.3. The van der Waals surface area contributed by atoms with Gasteiger partial charge in [0.05, 0.1) is 18.7 Å². The fourth-order valence-electron chi connectivity index (χ4n) is 1.31. The lowest BCUT2D eigenvalue weighted by Crippen LogP contribution is -2.23. The highest BCUT2D eigenvalue weighted by molar-refractivity contribution is 5.80. The molecule has 0 aromatic carbocycles. The summed E-state index contributed by atoms with van der Waals surface area (Å²) in [6.07, 6.45) is 0.535. The summed E-state index contributed by atoms with van der Waals surface area (Å²) < 4.78 is 5.91. The lowest BCUT2D eigenvalue weighted by Gasteiger charge is -2.10. The minimum Gasteiger partial charge on any atom is -0.494 e. The van der Waals surface area contributed by atoms with Crippen molar-refractivity contribution in [3.63, 3.8) is 0 Å². The van der Waals surface area contributed by atoms with Crippen LogP contribution in [0.1, 0.15) is 15.9 Å². The molecule has 1 aromatic rings. The third-order valence-electron chi connectivity index (χ3n) is 2.16. The van der Waals surface area contributed by atoms with Gasteiger partial charge in [0.25, 0.3) is 5.56 Å². The highest BCUT2D eigenvalue weighted by Gasteiger charge is 2.11. The Morgan fingerprint density at radius 3 is 2.80 bits per heavy atom. The van der Waals surface area contributed by atoms with Gasteiger partial charge in [-0.3, -0.25) is 14.2 Å². The van der Waals surface area contributed by atoms with E-state index in [9.17, 15) is 14.7 Å². The van der Waals surface area contributed by atoms with Crippen molar-refractivity contribution in [2.75, 3.05) is 13.7 Å². The highest BCUT2D eigenvalue weighted by atomic mass is 16.5. The van der Waals surface area contributed by atoms with Crippen LogP contribution in [0.25, 0.3) is 0 Å². The van der Waals surface area contributed by atoms with Gasteiger partial charge in [-0.05, 0) is 12.5 Å². The zero-order chi connectivity index (χ0) is 11.4. The Labute approximate surface area is 86.9 Å². The smallest absolute Gasteiger partial charge is 0.253 e. The number of carbonyl (C=O) groups excluding carboxylic acids is 1. The van der Waals surface area contributed by atoms with Crippen LogP contribution >= 0.6 is 0 Å². The Morgan fingerprint density at radius 2 is 2.27 bits per heavy atom. The molecule has 1 N–H and O–H groups in total. The molecule has 1 rings (SSSR count). The Hall–Kier alpha value is -1.62. The molecule has 0 fully saturated rings. The van der Waals surface area contributed by atoms with Gasteiger partial charge >= 0.3 is 0 Å². The van der Waals surface area contributed by atoms with Gasteiger partial charge in [0.2, 0.25) is 5.88 Å². The standard InChI is InChI=1S/C10H13NO4/c1-7-5-9(13)11(3-4-15-2)10(14)8(7)6-12/h5-6,14H,3-4H2,1-2H3. The maximum atomic E-state index is 11.5. The Morgan fingerprint density at radius 1 is 1.60 bits per heavy atom. The number of aldehydes is 1. The van der Waals surface area contributed by atoms with E-state index in [-0.39, 0.29) is 23.5 Å².